The summed E-state index contributed by atoms with van der Waals surface area (Å²) in [6.45, 7) is 9.16. The van der Waals surface area contributed by atoms with Crippen LogP contribution in [0, 0.1) is 23.2 Å². The molecule has 0 spiro atoms. The SMILES string of the molecule is CC(C)C[C@H](N)B1O[C@H]2[C@H]3C[C@@H](C[C@H]2O1)C3(C)C.O=C(O)C(F)(F)F. The van der Waals surface area contributed by atoms with E-state index < -0.39 is 12.1 Å². The maximum absolute atomic E-state index is 10.6. The van der Waals surface area contributed by atoms with E-state index in [2.05, 4.69) is 27.7 Å². The van der Waals surface area contributed by atoms with Crippen molar-refractivity contribution in [2.75, 3.05) is 0 Å². The molecule has 5 atom stereocenters. The molecular formula is C16H27BF3NO4. The van der Waals surface area contributed by atoms with Gasteiger partial charge >= 0.3 is 19.3 Å². The van der Waals surface area contributed by atoms with Gasteiger partial charge in [0.1, 0.15) is 0 Å². The second-order valence-electron chi connectivity index (χ2n) is 8.34. The molecule has 0 aromatic heterocycles. The Labute approximate surface area is 146 Å². The molecule has 0 amide bonds. The molecule has 1 saturated heterocycles. The first-order chi connectivity index (χ1) is 11.3. The molecule has 1 aliphatic heterocycles. The molecule has 3 N–H and O–H groups in total. The molecule has 25 heavy (non-hydrogen) atoms. The van der Waals surface area contributed by atoms with Crippen molar-refractivity contribution in [3.8, 4) is 0 Å². The third-order valence-electron chi connectivity index (χ3n) is 5.76. The number of alkyl halides is 3. The van der Waals surface area contributed by atoms with Crippen molar-refractivity contribution in [2.24, 2.45) is 28.9 Å². The van der Waals surface area contributed by atoms with Gasteiger partial charge in [0, 0.05) is 5.94 Å². The average Bonchev–Trinajstić information content (AvgIpc) is 2.89. The van der Waals surface area contributed by atoms with Crippen LogP contribution in [0.5, 0.6) is 0 Å². The summed E-state index contributed by atoms with van der Waals surface area (Å²) in [6.07, 6.45) is -1.01. The number of hydrogen-bond acceptors (Lipinski definition) is 4. The highest BCUT2D eigenvalue weighted by Gasteiger charge is 2.62. The van der Waals surface area contributed by atoms with Crippen molar-refractivity contribution >= 4 is 13.1 Å². The zero-order valence-electron chi connectivity index (χ0n) is 15.0. The topological polar surface area (TPSA) is 81.8 Å². The zero-order valence-corrected chi connectivity index (χ0v) is 15.0. The molecule has 4 fully saturated rings. The number of aliphatic carboxylic acids is 1. The van der Waals surface area contributed by atoms with Crippen LogP contribution in [-0.4, -0.2) is 42.5 Å². The minimum absolute atomic E-state index is 0.0240. The summed E-state index contributed by atoms with van der Waals surface area (Å²) < 4.78 is 44.0. The number of hydrogen-bond donors (Lipinski definition) is 2. The van der Waals surface area contributed by atoms with Crippen LogP contribution in [0.2, 0.25) is 0 Å². The molecule has 0 aromatic rings. The van der Waals surface area contributed by atoms with Gasteiger partial charge in [-0.15, -0.1) is 0 Å². The highest BCUT2D eigenvalue weighted by Crippen LogP contribution is 2.61. The van der Waals surface area contributed by atoms with Gasteiger partial charge in [0.15, 0.2) is 0 Å². The summed E-state index contributed by atoms with van der Waals surface area (Å²) in [6, 6.07) is 0. The number of carboxylic acid groups (broad SMARTS) is 1. The molecule has 0 aromatic carbocycles. The van der Waals surface area contributed by atoms with Crippen molar-refractivity contribution in [3.05, 3.63) is 0 Å². The molecule has 3 aliphatic carbocycles. The first-order valence-electron chi connectivity index (χ1n) is 8.70. The van der Waals surface area contributed by atoms with E-state index in [1.807, 2.05) is 0 Å². The smallest absolute Gasteiger partial charge is 0.475 e. The van der Waals surface area contributed by atoms with Gasteiger partial charge in [0.05, 0.1) is 12.2 Å². The van der Waals surface area contributed by atoms with Crippen molar-refractivity contribution < 1.29 is 32.4 Å². The average molecular weight is 365 g/mol. The number of nitrogens with two attached hydrogens (primary N) is 1. The van der Waals surface area contributed by atoms with Crippen LogP contribution >= 0.6 is 0 Å². The summed E-state index contributed by atoms with van der Waals surface area (Å²) in [5.41, 5.74) is 6.66. The lowest BCUT2D eigenvalue weighted by Gasteiger charge is -2.60. The lowest BCUT2D eigenvalue weighted by atomic mass is 9.47. The zero-order chi connectivity index (χ0) is 19.2. The highest BCUT2D eigenvalue weighted by molar-refractivity contribution is 6.47. The maximum atomic E-state index is 10.6. The molecule has 4 rings (SSSR count). The van der Waals surface area contributed by atoms with Crippen LogP contribution in [0.3, 0.4) is 0 Å². The van der Waals surface area contributed by atoms with E-state index in [0.717, 1.165) is 12.3 Å². The first-order valence-corrected chi connectivity index (χ1v) is 8.70. The van der Waals surface area contributed by atoms with Crippen LogP contribution in [-0.2, 0) is 14.1 Å². The third-order valence-corrected chi connectivity index (χ3v) is 5.76. The molecular weight excluding hydrogens is 338 g/mol. The van der Waals surface area contributed by atoms with Gasteiger partial charge < -0.3 is 20.1 Å². The van der Waals surface area contributed by atoms with E-state index in [4.69, 9.17) is 24.9 Å². The minimum Gasteiger partial charge on any atom is -0.475 e. The van der Waals surface area contributed by atoms with Crippen molar-refractivity contribution in [1.29, 1.82) is 0 Å². The fraction of sp³-hybridized carbons (Fsp3) is 0.938. The summed E-state index contributed by atoms with van der Waals surface area (Å²) in [5.74, 6) is -0.631. The number of carboxylic acids is 1. The second kappa shape index (κ2) is 7.08. The second-order valence-corrected chi connectivity index (χ2v) is 8.34. The molecule has 5 nitrogen and oxygen atoms in total. The van der Waals surface area contributed by atoms with E-state index in [0.29, 0.717) is 29.5 Å². The molecule has 0 unspecified atom stereocenters. The van der Waals surface area contributed by atoms with Crippen LogP contribution in [0.4, 0.5) is 13.2 Å². The summed E-state index contributed by atoms with van der Waals surface area (Å²) in [7, 11) is -0.169. The van der Waals surface area contributed by atoms with Gasteiger partial charge in [-0.3, -0.25) is 0 Å². The monoisotopic (exact) mass is 365 g/mol. The Kier molecular flexibility index (Phi) is 5.81. The largest absolute Gasteiger partial charge is 0.490 e. The number of carbonyl (C=O) groups is 1. The van der Waals surface area contributed by atoms with E-state index in [1.54, 1.807) is 0 Å². The first kappa shape index (κ1) is 20.5. The molecule has 4 aliphatic rings. The third kappa shape index (κ3) is 4.31. The molecule has 9 heteroatoms. The number of halogens is 3. The molecule has 0 radical (unpaired) electrons. The molecule has 2 bridgehead atoms. The van der Waals surface area contributed by atoms with E-state index in [-0.39, 0.29) is 13.1 Å². The Morgan fingerprint density at radius 1 is 1.32 bits per heavy atom. The Bertz CT molecular complexity index is 500. The van der Waals surface area contributed by atoms with Crippen molar-refractivity contribution in [1.82, 2.24) is 0 Å². The van der Waals surface area contributed by atoms with Crippen LogP contribution in [0.1, 0.15) is 47.0 Å². The van der Waals surface area contributed by atoms with E-state index in [9.17, 15) is 13.2 Å². The fourth-order valence-electron chi connectivity index (χ4n) is 4.22. The van der Waals surface area contributed by atoms with Crippen LogP contribution in [0.25, 0.3) is 0 Å². The molecule has 144 valence electrons. The summed E-state index contributed by atoms with van der Waals surface area (Å²) >= 11 is 0. The predicted molar refractivity (Wildman–Crippen MR) is 86.6 cm³/mol. The Balaban J connectivity index is 0.000000277. The fourth-order valence-corrected chi connectivity index (χ4v) is 4.22. The Hall–Kier alpha value is -0.795. The van der Waals surface area contributed by atoms with E-state index >= 15 is 0 Å². The minimum atomic E-state index is -5.08. The molecule has 1 heterocycles. The quantitative estimate of drug-likeness (QED) is 0.752. The predicted octanol–water partition coefficient (Wildman–Crippen LogP) is 2.87. The van der Waals surface area contributed by atoms with Crippen LogP contribution in [0.15, 0.2) is 0 Å². The Morgan fingerprint density at radius 3 is 2.32 bits per heavy atom. The van der Waals surface area contributed by atoms with Gasteiger partial charge in [-0.2, -0.15) is 13.2 Å². The standard InChI is InChI=1S/C14H26BNO2.C2HF3O2/c1-8(2)5-12(16)15-17-11-7-9-6-10(13(11)18-15)14(9,3)4;3-2(4,5)1(6)7/h8-13H,5-7,16H2,1-4H3;(H,6,7)/t9-,10+,11+,12-,13-;/m0./s1. The van der Waals surface area contributed by atoms with Gasteiger partial charge in [0.25, 0.3) is 0 Å². The Morgan fingerprint density at radius 2 is 1.88 bits per heavy atom. The maximum Gasteiger partial charge on any atom is 0.490 e. The van der Waals surface area contributed by atoms with E-state index in [1.165, 1.54) is 12.8 Å². The van der Waals surface area contributed by atoms with Gasteiger partial charge in [-0.05, 0) is 42.4 Å². The number of rotatable bonds is 3. The summed E-state index contributed by atoms with van der Waals surface area (Å²) in [4.78, 5) is 8.90. The van der Waals surface area contributed by atoms with Crippen LogP contribution < -0.4 is 5.73 Å². The normalized spacial score (nSPS) is 33.9. The van der Waals surface area contributed by atoms with Crippen molar-refractivity contribution in [2.45, 2.75) is 71.3 Å². The van der Waals surface area contributed by atoms with Gasteiger partial charge in [-0.1, -0.05) is 27.7 Å². The lowest BCUT2D eigenvalue weighted by molar-refractivity contribution is -0.192. The van der Waals surface area contributed by atoms with Crippen molar-refractivity contribution in [3.63, 3.8) is 0 Å². The highest BCUT2D eigenvalue weighted by atomic mass is 19.4. The van der Waals surface area contributed by atoms with Gasteiger partial charge in [-0.25, -0.2) is 4.79 Å². The lowest BCUT2D eigenvalue weighted by Crippen LogP contribution is -2.59. The summed E-state index contributed by atoms with van der Waals surface area (Å²) in [5, 5.41) is 7.12. The molecule has 3 saturated carbocycles. The van der Waals surface area contributed by atoms with Gasteiger partial charge in [0.2, 0.25) is 0 Å².